The molecule has 1 aliphatic rings. The fourth-order valence-electron chi connectivity index (χ4n) is 2.54. The third kappa shape index (κ3) is 1.29. The summed E-state index contributed by atoms with van der Waals surface area (Å²) in [6.45, 7) is 7.99. The Morgan fingerprint density at radius 2 is 2.31 bits per heavy atom. The van der Waals surface area contributed by atoms with Gasteiger partial charge >= 0.3 is 0 Å². The Balaban J connectivity index is 2.34. The van der Waals surface area contributed by atoms with Gasteiger partial charge in [0.2, 0.25) is 0 Å². The fourth-order valence-corrected chi connectivity index (χ4v) is 2.54. The zero-order chi connectivity index (χ0) is 9.42. The first-order valence-electron chi connectivity index (χ1n) is 5.16. The van der Waals surface area contributed by atoms with E-state index in [1.807, 2.05) is 0 Å². The summed E-state index contributed by atoms with van der Waals surface area (Å²) in [5.41, 5.74) is 2.92. The van der Waals surface area contributed by atoms with Crippen molar-refractivity contribution in [2.45, 2.75) is 39.3 Å². The Kier molecular flexibility index (Phi) is 2.16. The number of nitrogens with zero attached hydrogens (tertiary/aromatic N) is 1. The minimum Gasteiger partial charge on any atom is -0.365 e. The molecule has 2 heteroatoms. The van der Waals surface area contributed by atoms with Crippen LogP contribution in [0.2, 0.25) is 0 Å². The third-order valence-electron chi connectivity index (χ3n) is 3.25. The van der Waals surface area contributed by atoms with Gasteiger partial charge in [-0.25, -0.2) is 0 Å². The van der Waals surface area contributed by atoms with Crippen LogP contribution in [0.1, 0.15) is 38.1 Å². The molecule has 0 aliphatic carbocycles. The Morgan fingerprint density at radius 1 is 1.54 bits per heavy atom. The minimum atomic E-state index is 0.579. The molecule has 0 amide bonds. The molecular formula is C11H18N2. The molecule has 2 nitrogen and oxygen atoms in total. The van der Waals surface area contributed by atoms with Crippen molar-refractivity contribution in [3.8, 4) is 0 Å². The summed E-state index contributed by atoms with van der Waals surface area (Å²) >= 11 is 0. The van der Waals surface area contributed by atoms with Crippen molar-refractivity contribution in [1.82, 2.24) is 9.88 Å². The molecule has 0 spiro atoms. The molecule has 2 rings (SSSR count). The lowest BCUT2D eigenvalue weighted by molar-refractivity contribution is 0.146. The molecule has 0 bridgehead atoms. The molecule has 72 valence electrons. The zero-order valence-corrected chi connectivity index (χ0v) is 8.67. The molecule has 0 radical (unpaired) electrons. The van der Waals surface area contributed by atoms with Crippen LogP contribution in [-0.2, 0) is 6.42 Å². The van der Waals surface area contributed by atoms with Crippen LogP contribution in [0.15, 0.2) is 12.3 Å². The van der Waals surface area contributed by atoms with Gasteiger partial charge in [-0.15, -0.1) is 0 Å². The number of aromatic amines is 1. The average molecular weight is 178 g/mol. The topological polar surface area (TPSA) is 19.0 Å². The first-order valence-corrected chi connectivity index (χ1v) is 5.16. The Bertz CT molecular complexity index is 290. The van der Waals surface area contributed by atoms with Gasteiger partial charge < -0.3 is 4.98 Å². The van der Waals surface area contributed by atoms with Gasteiger partial charge in [-0.05, 0) is 32.0 Å². The van der Waals surface area contributed by atoms with Crippen LogP contribution in [-0.4, -0.2) is 22.5 Å². The molecule has 2 atom stereocenters. The number of hydrogen-bond donors (Lipinski definition) is 1. The minimum absolute atomic E-state index is 0.579. The van der Waals surface area contributed by atoms with E-state index in [0.29, 0.717) is 12.1 Å². The van der Waals surface area contributed by atoms with Crippen molar-refractivity contribution in [2.75, 3.05) is 6.54 Å². The van der Waals surface area contributed by atoms with Crippen LogP contribution in [0.5, 0.6) is 0 Å². The third-order valence-corrected chi connectivity index (χ3v) is 3.25. The quantitative estimate of drug-likeness (QED) is 0.699. The lowest BCUT2D eigenvalue weighted by Gasteiger charge is -2.38. The summed E-state index contributed by atoms with van der Waals surface area (Å²) in [6.07, 6.45) is 3.23. The van der Waals surface area contributed by atoms with E-state index in [-0.39, 0.29) is 0 Å². The number of hydrogen-bond acceptors (Lipinski definition) is 1. The van der Waals surface area contributed by atoms with Gasteiger partial charge in [0.25, 0.3) is 0 Å². The molecule has 1 aromatic rings. The molecule has 1 aliphatic heterocycles. The molecule has 0 unspecified atom stereocenters. The highest BCUT2D eigenvalue weighted by molar-refractivity contribution is 5.27. The number of aromatic nitrogens is 1. The lowest BCUT2D eigenvalue weighted by atomic mass is 9.95. The SMILES string of the molecule is CCN1[C@@H](C)Cc2[nH]ccc2[C@@H]1C. The van der Waals surface area contributed by atoms with E-state index in [0.717, 1.165) is 6.54 Å². The van der Waals surface area contributed by atoms with Crippen molar-refractivity contribution < 1.29 is 0 Å². The van der Waals surface area contributed by atoms with E-state index >= 15 is 0 Å². The van der Waals surface area contributed by atoms with Crippen molar-refractivity contribution in [3.05, 3.63) is 23.5 Å². The summed E-state index contributed by atoms with van der Waals surface area (Å²) in [5.74, 6) is 0. The van der Waals surface area contributed by atoms with E-state index in [1.54, 1.807) is 0 Å². The summed E-state index contributed by atoms with van der Waals surface area (Å²) in [7, 11) is 0. The molecule has 1 N–H and O–H groups in total. The summed E-state index contributed by atoms with van der Waals surface area (Å²) in [5, 5.41) is 0. The number of likely N-dealkylation sites (N-methyl/N-ethyl adjacent to an activating group) is 1. The predicted molar refractivity (Wildman–Crippen MR) is 54.8 cm³/mol. The smallest absolute Gasteiger partial charge is 0.0340 e. The number of fused-ring (bicyclic) bond motifs is 1. The molecule has 1 aromatic heterocycles. The number of rotatable bonds is 1. The van der Waals surface area contributed by atoms with E-state index in [4.69, 9.17) is 0 Å². The largest absolute Gasteiger partial charge is 0.365 e. The van der Waals surface area contributed by atoms with Crippen molar-refractivity contribution >= 4 is 0 Å². The second kappa shape index (κ2) is 3.18. The van der Waals surface area contributed by atoms with Crippen LogP contribution in [0.3, 0.4) is 0 Å². The maximum absolute atomic E-state index is 3.34. The van der Waals surface area contributed by atoms with Crippen LogP contribution in [0.4, 0.5) is 0 Å². The van der Waals surface area contributed by atoms with Gasteiger partial charge in [-0.1, -0.05) is 6.92 Å². The average Bonchev–Trinajstić information content (AvgIpc) is 2.53. The first kappa shape index (κ1) is 8.82. The molecule has 0 fully saturated rings. The highest BCUT2D eigenvalue weighted by Gasteiger charge is 2.28. The van der Waals surface area contributed by atoms with Crippen molar-refractivity contribution in [3.63, 3.8) is 0 Å². The standard InChI is InChI=1S/C11H18N2/c1-4-13-8(2)7-11-10(9(13)3)5-6-12-11/h5-6,8-9,12H,4,7H2,1-3H3/t8-,9-/m0/s1. The van der Waals surface area contributed by atoms with Gasteiger partial charge in [-0.2, -0.15) is 0 Å². The summed E-state index contributed by atoms with van der Waals surface area (Å²) in [4.78, 5) is 5.89. The van der Waals surface area contributed by atoms with E-state index < -0.39 is 0 Å². The normalized spacial score (nSPS) is 28.8. The van der Waals surface area contributed by atoms with Gasteiger partial charge in [0, 0.05) is 30.4 Å². The highest BCUT2D eigenvalue weighted by Crippen LogP contribution is 2.31. The van der Waals surface area contributed by atoms with E-state index in [9.17, 15) is 0 Å². The zero-order valence-electron chi connectivity index (χ0n) is 8.67. The van der Waals surface area contributed by atoms with Crippen LogP contribution in [0, 0.1) is 0 Å². The Labute approximate surface area is 79.9 Å². The first-order chi connectivity index (χ1) is 6.24. The summed E-state index contributed by atoms with van der Waals surface area (Å²) in [6, 6.07) is 3.47. The second-order valence-electron chi connectivity index (χ2n) is 3.97. The molecule has 2 heterocycles. The molecular weight excluding hydrogens is 160 g/mol. The molecule has 0 saturated carbocycles. The van der Waals surface area contributed by atoms with Crippen LogP contribution < -0.4 is 0 Å². The van der Waals surface area contributed by atoms with Gasteiger partial charge in [0.05, 0.1) is 0 Å². The molecule has 0 aromatic carbocycles. The van der Waals surface area contributed by atoms with Gasteiger partial charge in [0.15, 0.2) is 0 Å². The molecule has 0 saturated heterocycles. The summed E-state index contributed by atoms with van der Waals surface area (Å²) < 4.78 is 0. The van der Waals surface area contributed by atoms with Crippen LogP contribution in [0.25, 0.3) is 0 Å². The Hall–Kier alpha value is -0.760. The second-order valence-corrected chi connectivity index (χ2v) is 3.97. The molecule has 13 heavy (non-hydrogen) atoms. The van der Waals surface area contributed by atoms with Crippen molar-refractivity contribution in [1.29, 1.82) is 0 Å². The number of H-pyrrole nitrogens is 1. The Morgan fingerprint density at radius 3 is 3.00 bits per heavy atom. The maximum atomic E-state index is 3.34. The number of nitrogens with one attached hydrogen (secondary N) is 1. The van der Waals surface area contributed by atoms with E-state index in [1.165, 1.54) is 17.7 Å². The van der Waals surface area contributed by atoms with Gasteiger partial charge in [0.1, 0.15) is 0 Å². The van der Waals surface area contributed by atoms with Crippen LogP contribution >= 0.6 is 0 Å². The maximum Gasteiger partial charge on any atom is 0.0340 e. The predicted octanol–water partition coefficient (Wildman–Crippen LogP) is 2.34. The monoisotopic (exact) mass is 178 g/mol. The van der Waals surface area contributed by atoms with Crippen molar-refractivity contribution in [2.24, 2.45) is 0 Å². The fraction of sp³-hybridized carbons (Fsp3) is 0.636. The highest BCUT2D eigenvalue weighted by atomic mass is 15.2. The lowest BCUT2D eigenvalue weighted by Crippen LogP contribution is -2.40. The van der Waals surface area contributed by atoms with Gasteiger partial charge in [-0.3, -0.25) is 4.90 Å². The van der Waals surface area contributed by atoms with E-state index in [2.05, 4.69) is 42.9 Å².